The number of nitrogens with zero attached hydrogens (tertiary/aromatic N) is 2. The molecule has 0 amide bonds. The lowest BCUT2D eigenvalue weighted by Gasteiger charge is -2.02. The molecule has 4 nitrogen and oxygen atoms in total. The fraction of sp³-hybridized carbons (Fsp3) is 0.133. The third-order valence-corrected chi connectivity index (χ3v) is 3.53. The molecule has 0 aliphatic rings. The largest absolute Gasteiger partial charge is 0.506 e. The number of benzene rings is 1. The normalized spacial score (nSPS) is 11.1. The van der Waals surface area contributed by atoms with Gasteiger partial charge in [-0.2, -0.15) is 0 Å². The molecule has 0 unspecified atom stereocenters. The lowest BCUT2D eigenvalue weighted by Crippen LogP contribution is -1.92. The van der Waals surface area contributed by atoms with E-state index in [4.69, 9.17) is 5.73 Å². The Hall–Kier alpha value is -2.49. The second-order valence-corrected chi connectivity index (χ2v) is 4.67. The highest BCUT2D eigenvalue weighted by molar-refractivity contribution is 6.00. The maximum Gasteiger partial charge on any atom is 0.139 e. The first-order valence-corrected chi connectivity index (χ1v) is 6.08. The Morgan fingerprint density at radius 2 is 2.00 bits per heavy atom. The van der Waals surface area contributed by atoms with E-state index in [0.29, 0.717) is 5.69 Å². The van der Waals surface area contributed by atoms with E-state index in [9.17, 15) is 5.11 Å². The van der Waals surface area contributed by atoms with Crippen LogP contribution in [0.1, 0.15) is 5.69 Å². The zero-order chi connectivity index (χ0) is 13.6. The summed E-state index contributed by atoms with van der Waals surface area (Å²) in [6.45, 7) is 2.02. The Kier molecular flexibility index (Phi) is 2.45. The van der Waals surface area contributed by atoms with E-state index < -0.39 is 0 Å². The van der Waals surface area contributed by atoms with Crippen LogP contribution in [0.4, 0.5) is 5.69 Å². The average Bonchev–Trinajstić information content (AvgIpc) is 2.65. The van der Waals surface area contributed by atoms with Crippen molar-refractivity contribution >= 4 is 16.6 Å². The number of fused-ring (bicyclic) bond motifs is 1. The maximum absolute atomic E-state index is 10.0. The van der Waals surface area contributed by atoms with Crippen LogP contribution in [0.3, 0.4) is 0 Å². The van der Waals surface area contributed by atoms with Gasteiger partial charge >= 0.3 is 0 Å². The van der Waals surface area contributed by atoms with Crippen LogP contribution >= 0.6 is 0 Å². The molecule has 3 aromatic rings. The molecule has 1 aromatic carbocycles. The Morgan fingerprint density at radius 3 is 2.68 bits per heavy atom. The van der Waals surface area contributed by atoms with Crippen molar-refractivity contribution in [3.05, 3.63) is 42.2 Å². The van der Waals surface area contributed by atoms with Crippen LogP contribution in [0.15, 0.2) is 36.5 Å². The van der Waals surface area contributed by atoms with E-state index in [1.807, 2.05) is 42.8 Å². The van der Waals surface area contributed by atoms with Crippen molar-refractivity contribution in [2.75, 3.05) is 5.73 Å². The van der Waals surface area contributed by atoms with Crippen molar-refractivity contribution in [2.45, 2.75) is 6.92 Å². The summed E-state index contributed by atoms with van der Waals surface area (Å²) >= 11 is 0. The van der Waals surface area contributed by atoms with Crippen molar-refractivity contribution in [3.63, 3.8) is 0 Å². The molecule has 3 rings (SSSR count). The van der Waals surface area contributed by atoms with E-state index >= 15 is 0 Å². The van der Waals surface area contributed by atoms with Gasteiger partial charge in [-0.3, -0.25) is 4.98 Å². The van der Waals surface area contributed by atoms with E-state index in [-0.39, 0.29) is 5.75 Å². The molecular formula is C15H15N3O. The van der Waals surface area contributed by atoms with Gasteiger partial charge in [0.05, 0.1) is 23.1 Å². The zero-order valence-corrected chi connectivity index (χ0v) is 10.9. The number of phenolic OH excluding ortho intramolecular Hbond substituents is 1. The number of anilines is 1. The van der Waals surface area contributed by atoms with Crippen LogP contribution < -0.4 is 5.73 Å². The number of aryl methyl sites for hydroxylation is 1. The van der Waals surface area contributed by atoms with Gasteiger partial charge in [0.15, 0.2) is 0 Å². The Balaban J connectivity index is 2.38. The first-order chi connectivity index (χ1) is 9.09. The molecule has 4 heteroatoms. The van der Waals surface area contributed by atoms with Gasteiger partial charge in [-0.25, -0.2) is 0 Å². The first kappa shape index (κ1) is 11.6. The van der Waals surface area contributed by atoms with Crippen LogP contribution in [-0.4, -0.2) is 14.7 Å². The predicted molar refractivity (Wildman–Crippen MR) is 77.0 cm³/mol. The van der Waals surface area contributed by atoms with Crippen molar-refractivity contribution in [1.82, 2.24) is 9.55 Å². The highest BCUT2D eigenvalue weighted by Gasteiger charge is 2.16. The molecule has 0 aliphatic carbocycles. The number of hydrogen-bond acceptors (Lipinski definition) is 3. The van der Waals surface area contributed by atoms with Crippen molar-refractivity contribution < 1.29 is 5.11 Å². The third kappa shape index (κ3) is 1.64. The molecule has 0 aliphatic heterocycles. The summed E-state index contributed by atoms with van der Waals surface area (Å²) in [5, 5.41) is 11.0. The average molecular weight is 253 g/mol. The minimum absolute atomic E-state index is 0.282. The summed E-state index contributed by atoms with van der Waals surface area (Å²) in [6.07, 6.45) is 1.65. The van der Waals surface area contributed by atoms with Gasteiger partial charge < -0.3 is 15.4 Å². The number of para-hydroxylation sites is 1. The molecule has 0 atom stereocenters. The number of aromatic hydroxyl groups is 1. The summed E-state index contributed by atoms with van der Waals surface area (Å²) in [7, 11) is 1.94. The number of pyridine rings is 1. The molecule has 0 saturated carbocycles. The number of phenols is 1. The number of nitrogens with two attached hydrogens (primary N) is 1. The number of hydrogen-bond donors (Lipinski definition) is 2. The maximum atomic E-state index is 10.0. The summed E-state index contributed by atoms with van der Waals surface area (Å²) in [6, 6.07) is 9.28. The molecule has 0 saturated heterocycles. The smallest absolute Gasteiger partial charge is 0.139 e. The van der Waals surface area contributed by atoms with Gasteiger partial charge in [-0.05, 0) is 25.1 Å². The molecule has 0 radical (unpaired) electrons. The SMILES string of the molecule is Cc1c(-c2ccc(N)cn2)c2cccc(O)c2n1C. The molecule has 0 bridgehead atoms. The van der Waals surface area contributed by atoms with E-state index in [1.165, 1.54) is 0 Å². The van der Waals surface area contributed by atoms with Crippen LogP contribution in [0.5, 0.6) is 5.75 Å². The molecule has 2 aromatic heterocycles. The second kappa shape index (κ2) is 4.02. The van der Waals surface area contributed by atoms with Crippen LogP contribution in [0, 0.1) is 6.92 Å². The number of rotatable bonds is 1. The first-order valence-electron chi connectivity index (χ1n) is 6.08. The van der Waals surface area contributed by atoms with Gasteiger partial charge in [0.25, 0.3) is 0 Å². The Bertz CT molecular complexity index is 757. The Labute approximate surface area is 111 Å². The van der Waals surface area contributed by atoms with Gasteiger partial charge in [0, 0.05) is 23.7 Å². The predicted octanol–water partition coefficient (Wildman–Crippen LogP) is 2.84. The molecule has 0 spiro atoms. The van der Waals surface area contributed by atoms with Crippen molar-refractivity contribution in [2.24, 2.45) is 7.05 Å². The van der Waals surface area contributed by atoms with Gasteiger partial charge in [-0.1, -0.05) is 12.1 Å². The summed E-state index contributed by atoms with van der Waals surface area (Å²) in [5.74, 6) is 0.282. The van der Waals surface area contributed by atoms with Crippen LogP contribution in [0.25, 0.3) is 22.2 Å². The highest BCUT2D eigenvalue weighted by atomic mass is 16.3. The minimum Gasteiger partial charge on any atom is -0.506 e. The Morgan fingerprint density at radius 1 is 1.21 bits per heavy atom. The standard InChI is InChI=1S/C15H15N3O/c1-9-14(12-7-6-10(16)8-17-12)11-4-3-5-13(19)15(11)18(9)2/h3-8,19H,16H2,1-2H3. The van der Waals surface area contributed by atoms with Gasteiger partial charge in [0.1, 0.15) is 5.75 Å². The van der Waals surface area contributed by atoms with Crippen LogP contribution in [0.2, 0.25) is 0 Å². The van der Waals surface area contributed by atoms with E-state index in [2.05, 4.69) is 4.98 Å². The fourth-order valence-corrected chi connectivity index (χ4v) is 2.49. The van der Waals surface area contributed by atoms with Crippen molar-refractivity contribution in [3.8, 4) is 17.0 Å². The van der Waals surface area contributed by atoms with Gasteiger partial charge in [0.2, 0.25) is 0 Å². The highest BCUT2D eigenvalue weighted by Crippen LogP contribution is 2.36. The zero-order valence-electron chi connectivity index (χ0n) is 10.9. The lowest BCUT2D eigenvalue weighted by molar-refractivity contribution is 0.478. The number of nitrogen functional groups attached to an aromatic ring is 1. The second-order valence-electron chi connectivity index (χ2n) is 4.67. The number of aromatic nitrogens is 2. The van der Waals surface area contributed by atoms with Crippen molar-refractivity contribution in [1.29, 1.82) is 0 Å². The van der Waals surface area contributed by atoms with Gasteiger partial charge in [-0.15, -0.1) is 0 Å². The lowest BCUT2D eigenvalue weighted by atomic mass is 10.1. The van der Waals surface area contributed by atoms with Crippen LogP contribution in [-0.2, 0) is 7.05 Å². The molecule has 3 N–H and O–H groups in total. The third-order valence-electron chi connectivity index (χ3n) is 3.53. The molecular weight excluding hydrogens is 238 g/mol. The summed E-state index contributed by atoms with van der Waals surface area (Å²) < 4.78 is 1.98. The fourth-order valence-electron chi connectivity index (χ4n) is 2.49. The minimum atomic E-state index is 0.282. The summed E-state index contributed by atoms with van der Waals surface area (Å²) in [5.41, 5.74) is 10.1. The monoisotopic (exact) mass is 253 g/mol. The molecule has 2 heterocycles. The molecule has 96 valence electrons. The van der Waals surface area contributed by atoms with E-state index in [1.54, 1.807) is 12.3 Å². The summed E-state index contributed by atoms with van der Waals surface area (Å²) in [4.78, 5) is 4.38. The quantitative estimate of drug-likeness (QED) is 0.701. The molecule has 0 fully saturated rings. The van der Waals surface area contributed by atoms with E-state index in [0.717, 1.165) is 27.9 Å². The molecule has 19 heavy (non-hydrogen) atoms. The topological polar surface area (TPSA) is 64.1 Å².